The summed E-state index contributed by atoms with van der Waals surface area (Å²) in [6.45, 7) is 9.76. The number of hydrogen-bond acceptors (Lipinski definition) is 6. The number of nitrogens with one attached hydrogen (secondary N) is 1. The Labute approximate surface area is 186 Å². The fourth-order valence-electron chi connectivity index (χ4n) is 3.12. The monoisotopic (exact) mass is 440 g/mol. The third kappa shape index (κ3) is 5.19. The lowest BCUT2D eigenvalue weighted by Gasteiger charge is -2.33. The van der Waals surface area contributed by atoms with Crippen LogP contribution >= 0.6 is 11.5 Å². The molecule has 0 radical (unpaired) electrons. The van der Waals surface area contributed by atoms with Gasteiger partial charge in [-0.15, -0.1) is 5.10 Å². The first-order chi connectivity index (χ1) is 14.8. The second-order valence-corrected chi connectivity index (χ2v) is 8.67. The molecule has 1 atom stereocenters. The Bertz CT molecular complexity index is 1030. The number of hydrogen-bond donors (Lipinski definition) is 1. The smallest absolute Gasteiger partial charge is 0.280 e. The van der Waals surface area contributed by atoms with E-state index in [2.05, 4.69) is 21.8 Å². The number of benzene rings is 1. The summed E-state index contributed by atoms with van der Waals surface area (Å²) in [7, 11) is 0. The van der Waals surface area contributed by atoms with Gasteiger partial charge in [-0.3, -0.25) is 14.5 Å². The maximum absolute atomic E-state index is 13.5. The van der Waals surface area contributed by atoms with Crippen molar-refractivity contribution in [2.45, 2.75) is 59.0 Å². The SMILES string of the molecule is CCc1ccc(N(C(=O)c2csnn2)[C@@H](C(=O)NC(C)(C)CC)c2ccc(C)o2)cc1. The molecule has 2 amide bonds. The zero-order valence-electron chi connectivity index (χ0n) is 18.5. The molecule has 164 valence electrons. The van der Waals surface area contributed by atoms with E-state index in [1.807, 2.05) is 45.0 Å². The maximum atomic E-state index is 13.5. The van der Waals surface area contributed by atoms with E-state index >= 15 is 0 Å². The Morgan fingerprint density at radius 2 is 1.87 bits per heavy atom. The van der Waals surface area contributed by atoms with Crippen molar-refractivity contribution in [2.75, 3.05) is 4.90 Å². The van der Waals surface area contributed by atoms with Crippen LogP contribution in [0.25, 0.3) is 0 Å². The van der Waals surface area contributed by atoms with Gasteiger partial charge in [0.25, 0.3) is 11.8 Å². The molecule has 31 heavy (non-hydrogen) atoms. The van der Waals surface area contributed by atoms with E-state index in [1.165, 1.54) is 4.90 Å². The van der Waals surface area contributed by atoms with E-state index < -0.39 is 17.5 Å². The van der Waals surface area contributed by atoms with Crippen LogP contribution in [0, 0.1) is 6.92 Å². The molecule has 0 spiro atoms. The lowest BCUT2D eigenvalue weighted by molar-refractivity contribution is -0.124. The lowest BCUT2D eigenvalue weighted by Crippen LogP contribution is -2.50. The number of carbonyl (C=O) groups excluding carboxylic acids is 2. The molecule has 0 bridgehead atoms. The minimum Gasteiger partial charge on any atom is -0.464 e. The molecular weight excluding hydrogens is 412 g/mol. The standard InChI is InChI=1S/C23H28N4O3S/c1-6-16-9-11-17(12-10-16)27(22(29)18-14-31-26-25-18)20(19-13-8-15(3)30-19)21(28)24-23(4,5)7-2/h8-14,20H,6-7H2,1-5H3,(H,24,28)/t20-/m1/s1. The molecule has 0 fully saturated rings. The molecule has 0 aliphatic carbocycles. The average Bonchev–Trinajstić information content (AvgIpc) is 3.43. The highest BCUT2D eigenvalue weighted by atomic mass is 32.1. The van der Waals surface area contributed by atoms with E-state index in [4.69, 9.17) is 4.42 Å². The molecule has 0 aliphatic heterocycles. The summed E-state index contributed by atoms with van der Waals surface area (Å²) in [6.07, 6.45) is 1.61. The van der Waals surface area contributed by atoms with Gasteiger partial charge in [-0.2, -0.15) is 0 Å². The van der Waals surface area contributed by atoms with E-state index in [0.717, 1.165) is 29.9 Å². The Kier molecular flexibility index (Phi) is 6.90. The molecule has 1 aromatic carbocycles. The minimum absolute atomic E-state index is 0.181. The molecule has 1 N–H and O–H groups in total. The van der Waals surface area contributed by atoms with Crippen LogP contribution in [-0.4, -0.2) is 26.9 Å². The summed E-state index contributed by atoms with van der Waals surface area (Å²) in [6, 6.07) is 10.1. The first-order valence-electron chi connectivity index (χ1n) is 10.3. The molecule has 0 unspecified atom stereocenters. The highest BCUT2D eigenvalue weighted by Crippen LogP contribution is 2.31. The van der Waals surface area contributed by atoms with Gasteiger partial charge < -0.3 is 9.73 Å². The summed E-state index contributed by atoms with van der Waals surface area (Å²) >= 11 is 1.09. The molecule has 8 heteroatoms. The quantitative estimate of drug-likeness (QED) is 0.549. The van der Waals surface area contributed by atoms with Crippen LogP contribution in [-0.2, 0) is 11.2 Å². The van der Waals surface area contributed by atoms with Gasteiger partial charge >= 0.3 is 0 Å². The van der Waals surface area contributed by atoms with Crippen molar-refractivity contribution in [1.82, 2.24) is 14.9 Å². The second-order valence-electron chi connectivity index (χ2n) is 8.06. The lowest BCUT2D eigenvalue weighted by atomic mass is 10.00. The zero-order chi connectivity index (χ0) is 22.6. The Hall–Kier alpha value is -3.00. The summed E-state index contributed by atoms with van der Waals surface area (Å²) in [5.41, 5.74) is 1.45. The molecule has 7 nitrogen and oxygen atoms in total. The van der Waals surface area contributed by atoms with Crippen LogP contribution in [0.2, 0.25) is 0 Å². The number of nitrogens with zero attached hydrogens (tertiary/aromatic N) is 3. The van der Waals surface area contributed by atoms with Gasteiger partial charge in [-0.25, -0.2) is 0 Å². The predicted molar refractivity (Wildman–Crippen MR) is 121 cm³/mol. The van der Waals surface area contributed by atoms with E-state index in [-0.39, 0.29) is 11.6 Å². The fourth-order valence-corrected chi connectivity index (χ4v) is 3.55. The molecule has 0 saturated carbocycles. The van der Waals surface area contributed by atoms with Gasteiger partial charge in [-0.1, -0.05) is 30.5 Å². The molecule has 3 rings (SSSR count). The molecule has 0 aliphatic rings. The average molecular weight is 441 g/mol. The fraction of sp³-hybridized carbons (Fsp3) is 0.391. The van der Waals surface area contributed by atoms with Crippen LogP contribution in [0.1, 0.15) is 67.7 Å². The second kappa shape index (κ2) is 9.43. The summed E-state index contributed by atoms with van der Waals surface area (Å²) in [4.78, 5) is 28.5. The van der Waals surface area contributed by atoms with Gasteiger partial charge in [0.15, 0.2) is 11.7 Å². The zero-order valence-corrected chi connectivity index (χ0v) is 19.3. The summed E-state index contributed by atoms with van der Waals surface area (Å²) in [5, 5.41) is 8.58. The normalized spacial score (nSPS) is 12.4. The van der Waals surface area contributed by atoms with Gasteiger partial charge in [0.05, 0.1) is 0 Å². The van der Waals surface area contributed by atoms with Crippen molar-refractivity contribution >= 4 is 29.0 Å². The largest absolute Gasteiger partial charge is 0.464 e. The molecule has 2 heterocycles. The van der Waals surface area contributed by atoms with Crippen LogP contribution in [0.15, 0.2) is 46.2 Å². The first-order valence-corrected chi connectivity index (χ1v) is 11.2. The number of carbonyl (C=O) groups is 2. The summed E-state index contributed by atoms with van der Waals surface area (Å²) in [5.74, 6) is 0.309. The third-order valence-corrected chi connectivity index (χ3v) is 5.81. The number of rotatable bonds is 8. The van der Waals surface area contributed by atoms with Crippen molar-refractivity contribution in [2.24, 2.45) is 0 Å². The molecular formula is C23H28N4O3S. The van der Waals surface area contributed by atoms with Crippen molar-refractivity contribution in [3.63, 3.8) is 0 Å². The Morgan fingerprint density at radius 1 is 1.16 bits per heavy atom. The van der Waals surface area contributed by atoms with Gasteiger partial charge in [0, 0.05) is 16.6 Å². The van der Waals surface area contributed by atoms with Crippen molar-refractivity contribution < 1.29 is 14.0 Å². The number of aryl methyl sites for hydroxylation is 2. The van der Waals surface area contributed by atoms with Crippen LogP contribution < -0.4 is 10.2 Å². The number of amides is 2. The molecule has 2 aromatic heterocycles. The molecule has 0 saturated heterocycles. The van der Waals surface area contributed by atoms with E-state index in [9.17, 15) is 9.59 Å². The number of aromatic nitrogens is 2. The Balaban J connectivity index is 2.13. The van der Waals surface area contributed by atoms with Gasteiger partial charge in [0.1, 0.15) is 11.5 Å². The predicted octanol–water partition coefficient (Wildman–Crippen LogP) is 4.69. The third-order valence-electron chi connectivity index (χ3n) is 5.30. The van der Waals surface area contributed by atoms with Crippen molar-refractivity contribution in [1.29, 1.82) is 0 Å². The number of anilines is 1. The Morgan fingerprint density at radius 3 is 2.39 bits per heavy atom. The van der Waals surface area contributed by atoms with Gasteiger partial charge in [0.2, 0.25) is 0 Å². The van der Waals surface area contributed by atoms with Crippen molar-refractivity contribution in [3.8, 4) is 0 Å². The van der Waals surface area contributed by atoms with Crippen LogP contribution in [0.5, 0.6) is 0 Å². The number of furan rings is 1. The van der Waals surface area contributed by atoms with Gasteiger partial charge in [-0.05, 0) is 75.0 Å². The van der Waals surface area contributed by atoms with Crippen molar-refractivity contribution in [3.05, 3.63) is 64.6 Å². The van der Waals surface area contributed by atoms with Crippen LogP contribution in [0.4, 0.5) is 5.69 Å². The van der Waals surface area contributed by atoms with E-state index in [1.54, 1.807) is 24.4 Å². The van der Waals surface area contributed by atoms with Crippen LogP contribution in [0.3, 0.4) is 0 Å². The molecule has 3 aromatic rings. The minimum atomic E-state index is -0.999. The van der Waals surface area contributed by atoms with E-state index in [0.29, 0.717) is 17.2 Å². The topological polar surface area (TPSA) is 88.3 Å². The maximum Gasteiger partial charge on any atom is 0.280 e. The summed E-state index contributed by atoms with van der Waals surface area (Å²) < 4.78 is 9.66. The highest BCUT2D eigenvalue weighted by molar-refractivity contribution is 7.03. The first kappa shape index (κ1) is 22.7. The highest BCUT2D eigenvalue weighted by Gasteiger charge is 2.38.